The highest BCUT2D eigenvalue weighted by molar-refractivity contribution is 6.12. The number of urea groups is 1. The molecular weight excluding hydrogens is 933 g/mol. The zero-order valence-corrected chi connectivity index (χ0v) is 41.8. The summed E-state index contributed by atoms with van der Waals surface area (Å²) < 4.78 is 7.70. The number of rotatable bonds is 24. The first-order valence-electron chi connectivity index (χ1n) is 25.3. The van der Waals surface area contributed by atoms with Gasteiger partial charge >= 0.3 is 12.1 Å². The summed E-state index contributed by atoms with van der Waals surface area (Å²) in [5, 5.41) is 12.6. The number of anilines is 1. The van der Waals surface area contributed by atoms with Gasteiger partial charge in [-0.05, 0) is 93.3 Å². The second kappa shape index (κ2) is 25.6. The first-order chi connectivity index (χ1) is 35.2. The van der Waals surface area contributed by atoms with Crippen molar-refractivity contribution < 1.29 is 38.3 Å². The third kappa shape index (κ3) is 14.9. The second-order valence-electron chi connectivity index (χ2n) is 19.1. The summed E-state index contributed by atoms with van der Waals surface area (Å²) in [6, 6.07) is 14.9. The van der Waals surface area contributed by atoms with Crippen molar-refractivity contribution in [1.82, 2.24) is 50.0 Å². The van der Waals surface area contributed by atoms with Crippen LogP contribution in [0.15, 0.2) is 79.3 Å². The minimum atomic E-state index is -0.843. The van der Waals surface area contributed by atoms with Crippen molar-refractivity contribution in [3.63, 3.8) is 0 Å². The summed E-state index contributed by atoms with van der Waals surface area (Å²) in [7, 11) is 0. The number of primary amides is 1. The van der Waals surface area contributed by atoms with Gasteiger partial charge in [0.05, 0.1) is 29.7 Å². The van der Waals surface area contributed by atoms with E-state index < -0.39 is 30.0 Å². The van der Waals surface area contributed by atoms with E-state index in [1.54, 1.807) is 33.7 Å². The normalized spacial score (nSPS) is 14.8. The molecule has 7 rings (SSSR count). The summed E-state index contributed by atoms with van der Waals surface area (Å²) in [4.78, 5) is 110. The van der Waals surface area contributed by atoms with Gasteiger partial charge in [-0.25, -0.2) is 24.1 Å². The number of fused-ring (bicyclic) bond motifs is 1. The number of nitrogens with zero attached hydrogens (tertiary/aromatic N) is 7. The molecule has 0 unspecified atom stereocenters. The molecule has 20 nitrogen and oxygen atoms in total. The number of hydrogen-bond donors (Lipinski definition) is 5. The molecule has 0 bridgehead atoms. The molecule has 5 heterocycles. The molecule has 1 aliphatic heterocycles. The van der Waals surface area contributed by atoms with Crippen molar-refractivity contribution >= 4 is 52.9 Å². The topological polar surface area (TPSA) is 269 Å². The Labute approximate surface area is 424 Å². The van der Waals surface area contributed by atoms with Crippen LogP contribution in [0.2, 0.25) is 0 Å². The fourth-order valence-electron chi connectivity index (χ4n) is 9.26. The Morgan fingerprint density at radius 3 is 2.37 bits per heavy atom. The van der Waals surface area contributed by atoms with Crippen LogP contribution in [0.25, 0.3) is 28.3 Å². The molecule has 20 heteroatoms. The summed E-state index contributed by atoms with van der Waals surface area (Å²) in [5.74, 6) is -2.20. The van der Waals surface area contributed by atoms with Gasteiger partial charge in [-0.1, -0.05) is 64.2 Å². The largest absolute Gasteiger partial charge is 0.445 e. The number of amides is 7. The highest BCUT2D eigenvalue weighted by Gasteiger charge is 2.31. The molecule has 0 saturated heterocycles. The number of carbonyl (C=O) groups is 7. The lowest BCUT2D eigenvalue weighted by Gasteiger charge is -2.29. The number of ether oxygens (including phenoxy) is 1. The van der Waals surface area contributed by atoms with Crippen LogP contribution in [0.3, 0.4) is 0 Å². The Morgan fingerprint density at radius 1 is 0.904 bits per heavy atom. The predicted molar refractivity (Wildman–Crippen MR) is 272 cm³/mol. The van der Waals surface area contributed by atoms with Crippen LogP contribution in [0, 0.1) is 18.8 Å². The number of pyridine rings is 2. The highest BCUT2D eigenvalue weighted by Crippen LogP contribution is 2.32. The van der Waals surface area contributed by atoms with Crippen molar-refractivity contribution in [3.8, 4) is 22.6 Å². The molecule has 1 aromatic carbocycles. The number of nitrogens with two attached hydrogens (primary N) is 1. The van der Waals surface area contributed by atoms with Crippen molar-refractivity contribution in [2.45, 2.75) is 129 Å². The average Bonchev–Trinajstić information content (AvgIpc) is 4.04. The molecule has 0 spiro atoms. The number of imidazole rings is 1. The fraction of sp³-hybridized carbons (Fsp3) is 0.453. The van der Waals surface area contributed by atoms with Gasteiger partial charge in [0.2, 0.25) is 11.8 Å². The molecule has 0 radical (unpaired) electrons. The van der Waals surface area contributed by atoms with E-state index in [1.807, 2.05) is 57.3 Å². The van der Waals surface area contributed by atoms with Crippen molar-refractivity contribution in [2.75, 3.05) is 18.4 Å². The number of aryl methyl sites for hydroxylation is 1. The summed E-state index contributed by atoms with van der Waals surface area (Å²) in [5.41, 5.74) is 10.9. The molecule has 4 aromatic heterocycles. The number of hydrogen-bond acceptors (Lipinski definition) is 12. The number of H-pyrrole nitrogens is 1. The predicted octanol–water partition coefficient (Wildman–Crippen LogP) is 6.94. The monoisotopic (exact) mass is 999 g/mol. The molecule has 1 aliphatic carbocycles. The standard InChI is InChI=1S/C53H66N12O8/c1-34(2)48(62-45(67)18-9-6-10-28-63-46(68)25-26-47(63)69)42(66)29-37(14-12-27-55-52(54)71)51(70)59-39-22-19-36(20-23-39)32-73-53(72)64(40-15-7-4-5-8-16-40)31-43-60-49(38-21-24-44-56-33-57-65(44)30-38)50(61-43)41-17-11-13-35(3)58-41/h11,13,17,19-26,30,33-34,37,40,48H,4-10,12,14-16,18,27-29,31-32H2,1-3H3,(H,59,70)(H,60,61)(H,62,67)(H3,54,55,71)/t37-,48+/m1/s1. The van der Waals surface area contributed by atoms with Crippen LogP contribution in [0.1, 0.15) is 114 Å². The maximum absolute atomic E-state index is 14.2. The summed E-state index contributed by atoms with van der Waals surface area (Å²) >= 11 is 0. The van der Waals surface area contributed by atoms with Gasteiger partial charge in [-0.15, -0.1) is 0 Å². The van der Waals surface area contributed by atoms with Gasteiger partial charge in [-0.2, -0.15) is 5.10 Å². The van der Waals surface area contributed by atoms with Crippen molar-refractivity contribution in [2.24, 2.45) is 17.6 Å². The first-order valence-corrected chi connectivity index (χ1v) is 25.3. The molecule has 6 N–H and O–H groups in total. The van der Waals surface area contributed by atoms with E-state index in [4.69, 9.17) is 20.4 Å². The number of imide groups is 1. The second-order valence-corrected chi connectivity index (χ2v) is 19.1. The molecule has 1 saturated carbocycles. The average molecular weight is 999 g/mol. The number of unbranched alkanes of at least 4 members (excludes halogenated alkanes) is 2. The van der Waals surface area contributed by atoms with E-state index in [1.165, 1.54) is 18.5 Å². The molecule has 386 valence electrons. The van der Waals surface area contributed by atoms with Gasteiger partial charge < -0.3 is 31.4 Å². The Balaban J connectivity index is 0.976. The minimum absolute atomic E-state index is 0.0271. The van der Waals surface area contributed by atoms with E-state index in [0.717, 1.165) is 54.7 Å². The van der Waals surface area contributed by atoms with E-state index in [-0.39, 0.29) is 81.0 Å². The highest BCUT2D eigenvalue weighted by atomic mass is 16.6. The Morgan fingerprint density at radius 2 is 1.66 bits per heavy atom. The molecule has 2 atom stereocenters. The number of carbonyl (C=O) groups excluding carboxylic acids is 7. The number of benzene rings is 1. The Bertz CT molecular complexity index is 2760. The maximum atomic E-state index is 14.2. The van der Waals surface area contributed by atoms with Crippen molar-refractivity contribution in [3.05, 3.63) is 96.4 Å². The van der Waals surface area contributed by atoms with E-state index in [9.17, 15) is 33.6 Å². The van der Waals surface area contributed by atoms with Crippen LogP contribution in [-0.2, 0) is 41.9 Å². The molecule has 1 fully saturated rings. The van der Waals surface area contributed by atoms with Gasteiger partial charge in [0.15, 0.2) is 11.4 Å². The maximum Gasteiger partial charge on any atom is 0.410 e. The zero-order valence-electron chi connectivity index (χ0n) is 41.8. The molecule has 7 amide bonds. The summed E-state index contributed by atoms with van der Waals surface area (Å²) in [6.07, 6.45) is 13.5. The van der Waals surface area contributed by atoms with Crippen LogP contribution in [-0.4, -0.2) is 106 Å². The third-order valence-electron chi connectivity index (χ3n) is 13.2. The van der Waals surface area contributed by atoms with Gasteiger partial charge in [0.1, 0.15) is 18.8 Å². The number of aromatic nitrogens is 6. The van der Waals surface area contributed by atoms with Gasteiger partial charge in [0.25, 0.3) is 11.8 Å². The molecule has 73 heavy (non-hydrogen) atoms. The molecular formula is C53H66N12O8. The smallest absolute Gasteiger partial charge is 0.410 e. The first kappa shape index (κ1) is 53.0. The SMILES string of the molecule is Cc1cccc(-c2[nH]c(CN(C(=O)OCc3ccc(NC(=O)[C@H](CCCNC(N)=O)CC(=O)[C@@H](NC(=O)CCCCCN4C(=O)C=CC4=O)C(C)C)cc3)C3CCCCCC3)nc2-c2ccc3ncnn3c2)n1. The quantitative estimate of drug-likeness (QED) is 0.0239. The van der Waals surface area contributed by atoms with Crippen molar-refractivity contribution in [1.29, 1.82) is 0 Å². The van der Waals surface area contributed by atoms with E-state index in [0.29, 0.717) is 65.5 Å². The number of nitrogens with one attached hydrogen (secondary N) is 4. The van der Waals surface area contributed by atoms with Crippen LogP contribution >= 0.6 is 0 Å². The van der Waals surface area contributed by atoms with Crippen LogP contribution in [0.4, 0.5) is 15.3 Å². The molecule has 2 aliphatic rings. The van der Waals surface area contributed by atoms with E-state index >= 15 is 0 Å². The Kier molecular flexibility index (Phi) is 18.6. The minimum Gasteiger partial charge on any atom is -0.445 e. The Hall–Kier alpha value is -7.77. The summed E-state index contributed by atoms with van der Waals surface area (Å²) in [6.45, 7) is 6.19. The number of ketones is 1. The van der Waals surface area contributed by atoms with Crippen LogP contribution < -0.4 is 21.7 Å². The zero-order chi connectivity index (χ0) is 51.9. The van der Waals surface area contributed by atoms with Gasteiger partial charge in [0, 0.05) is 73.2 Å². The van der Waals surface area contributed by atoms with Crippen LogP contribution in [0.5, 0.6) is 0 Å². The fourth-order valence-corrected chi connectivity index (χ4v) is 9.26. The van der Waals surface area contributed by atoms with E-state index in [2.05, 4.69) is 31.0 Å². The number of Topliss-reactive ketones (excluding diaryl/α,β-unsaturated/α-hetero) is 1. The lowest BCUT2D eigenvalue weighted by molar-refractivity contribution is -0.137. The van der Waals surface area contributed by atoms with Gasteiger partial charge in [-0.3, -0.25) is 38.8 Å². The third-order valence-corrected chi connectivity index (χ3v) is 13.2. The lowest BCUT2D eigenvalue weighted by atomic mass is 9.89. The lowest BCUT2D eigenvalue weighted by Crippen LogP contribution is -2.45. The number of aromatic amines is 1. The molecule has 5 aromatic rings.